The summed E-state index contributed by atoms with van der Waals surface area (Å²) in [5, 5.41) is 0. The summed E-state index contributed by atoms with van der Waals surface area (Å²) in [6.45, 7) is -1.82. The van der Waals surface area contributed by atoms with Gasteiger partial charge in [-0.05, 0) is 35.6 Å². The van der Waals surface area contributed by atoms with Crippen LogP contribution in [0.1, 0.15) is 17.3 Å². The predicted octanol–water partition coefficient (Wildman–Crippen LogP) is 3.23. The van der Waals surface area contributed by atoms with Gasteiger partial charge in [-0.25, -0.2) is 4.39 Å². The Hall–Kier alpha value is -0.790. The number of halogens is 4. The van der Waals surface area contributed by atoms with Gasteiger partial charge in [0.2, 0.25) is 0 Å². The number of ketones is 1. The first-order valence-corrected chi connectivity index (χ1v) is 4.94. The van der Waals surface area contributed by atoms with E-state index in [4.69, 9.17) is 0 Å². The molecule has 0 aliphatic rings. The van der Waals surface area contributed by atoms with E-state index in [1.807, 2.05) is 0 Å². The average Bonchev–Trinajstić information content (AvgIpc) is 2.09. The summed E-state index contributed by atoms with van der Waals surface area (Å²) in [6, 6.07) is 1.96. The Morgan fingerprint density at radius 1 is 1.47 bits per heavy atom. The SMILES string of the molecule is CC(=O)c1cc(I)c(OC(F)F)cc1F. The van der Waals surface area contributed by atoms with Crippen molar-refractivity contribution in [2.24, 2.45) is 0 Å². The lowest BCUT2D eigenvalue weighted by Crippen LogP contribution is -2.06. The topological polar surface area (TPSA) is 26.3 Å². The highest BCUT2D eigenvalue weighted by atomic mass is 127. The van der Waals surface area contributed by atoms with Crippen molar-refractivity contribution >= 4 is 28.4 Å². The molecule has 2 nitrogen and oxygen atoms in total. The van der Waals surface area contributed by atoms with E-state index >= 15 is 0 Å². The van der Waals surface area contributed by atoms with Crippen molar-refractivity contribution in [3.63, 3.8) is 0 Å². The molecule has 0 amide bonds. The third-order valence-electron chi connectivity index (χ3n) is 1.62. The lowest BCUT2D eigenvalue weighted by atomic mass is 10.1. The van der Waals surface area contributed by atoms with Crippen LogP contribution < -0.4 is 4.74 Å². The van der Waals surface area contributed by atoms with Crippen molar-refractivity contribution in [3.05, 3.63) is 27.1 Å². The number of hydrogen-bond donors (Lipinski definition) is 0. The van der Waals surface area contributed by atoms with E-state index in [0.717, 1.165) is 6.07 Å². The van der Waals surface area contributed by atoms with Gasteiger partial charge >= 0.3 is 6.61 Å². The summed E-state index contributed by atoms with van der Waals surface area (Å²) in [4.78, 5) is 10.9. The molecule has 1 rings (SSSR count). The smallest absolute Gasteiger partial charge is 0.387 e. The Morgan fingerprint density at radius 3 is 2.53 bits per heavy atom. The molecule has 0 radical (unpaired) electrons. The average molecular weight is 330 g/mol. The number of benzene rings is 1. The zero-order valence-corrected chi connectivity index (χ0v) is 9.72. The summed E-state index contributed by atoms with van der Waals surface area (Å²) in [5.74, 6) is -1.60. The van der Waals surface area contributed by atoms with Crippen molar-refractivity contribution < 1.29 is 22.7 Å². The second kappa shape index (κ2) is 4.82. The van der Waals surface area contributed by atoms with Crippen LogP contribution >= 0.6 is 22.6 Å². The Balaban J connectivity index is 3.13. The van der Waals surface area contributed by atoms with Gasteiger partial charge in [0.25, 0.3) is 0 Å². The van der Waals surface area contributed by atoms with Gasteiger partial charge in [0.15, 0.2) is 5.78 Å². The first kappa shape index (κ1) is 12.3. The van der Waals surface area contributed by atoms with Gasteiger partial charge in [0, 0.05) is 6.07 Å². The summed E-state index contributed by atoms with van der Waals surface area (Å²) in [6.07, 6.45) is 0. The normalized spacial score (nSPS) is 10.5. The van der Waals surface area contributed by atoms with E-state index < -0.39 is 18.2 Å². The van der Waals surface area contributed by atoms with Crippen LogP contribution in [0.4, 0.5) is 13.2 Å². The molecule has 0 saturated carbocycles. The molecule has 0 unspecified atom stereocenters. The van der Waals surface area contributed by atoms with Gasteiger partial charge in [0.1, 0.15) is 11.6 Å². The van der Waals surface area contributed by atoms with E-state index in [2.05, 4.69) is 4.74 Å². The van der Waals surface area contributed by atoms with Gasteiger partial charge in [-0.3, -0.25) is 4.79 Å². The van der Waals surface area contributed by atoms with Gasteiger partial charge in [-0.15, -0.1) is 0 Å². The van der Waals surface area contributed by atoms with E-state index in [9.17, 15) is 18.0 Å². The largest absolute Gasteiger partial charge is 0.434 e. The van der Waals surface area contributed by atoms with Crippen LogP contribution in [0.3, 0.4) is 0 Å². The van der Waals surface area contributed by atoms with Crippen LogP contribution in [0.2, 0.25) is 0 Å². The fourth-order valence-corrected chi connectivity index (χ4v) is 1.58. The molecule has 0 heterocycles. The lowest BCUT2D eigenvalue weighted by Gasteiger charge is -2.08. The van der Waals surface area contributed by atoms with E-state index in [0.29, 0.717) is 0 Å². The minimum Gasteiger partial charge on any atom is -0.434 e. The number of alkyl halides is 2. The maximum atomic E-state index is 13.2. The van der Waals surface area contributed by atoms with Gasteiger partial charge in [0.05, 0.1) is 9.13 Å². The minimum absolute atomic E-state index is 0.138. The van der Waals surface area contributed by atoms with Gasteiger partial charge in [-0.2, -0.15) is 8.78 Å². The molecule has 1 aromatic carbocycles. The number of Topliss-reactive ketones (excluding diaryl/α,β-unsaturated/α-hetero) is 1. The molecule has 82 valence electrons. The standard InChI is InChI=1S/C9H6F3IO2/c1-4(14)5-2-7(13)8(3-6(5)10)15-9(11)12/h2-3,9H,1H3. The zero-order chi connectivity index (χ0) is 11.6. The van der Waals surface area contributed by atoms with Crippen LogP contribution in [0.5, 0.6) is 5.75 Å². The molecule has 0 aliphatic carbocycles. The third-order valence-corrected chi connectivity index (χ3v) is 2.46. The summed E-state index contributed by atoms with van der Waals surface area (Å²) in [5.41, 5.74) is -0.138. The molecular weight excluding hydrogens is 324 g/mol. The van der Waals surface area contributed by atoms with Crippen LogP contribution in [-0.4, -0.2) is 12.4 Å². The summed E-state index contributed by atoms with van der Waals surface area (Å²) in [7, 11) is 0. The molecule has 0 fully saturated rings. The highest BCUT2D eigenvalue weighted by Gasteiger charge is 2.14. The molecule has 0 aliphatic heterocycles. The van der Waals surface area contributed by atoms with Gasteiger partial charge < -0.3 is 4.74 Å². The molecule has 6 heteroatoms. The van der Waals surface area contributed by atoms with Crippen molar-refractivity contribution in [1.29, 1.82) is 0 Å². The second-order valence-corrected chi connectivity index (χ2v) is 3.86. The molecule has 0 aromatic heterocycles. The first-order valence-electron chi connectivity index (χ1n) is 3.86. The molecule has 0 bridgehead atoms. The summed E-state index contributed by atoms with van der Waals surface area (Å²) >= 11 is 1.69. The number of ether oxygens (including phenoxy) is 1. The van der Waals surface area contributed by atoms with Crippen molar-refractivity contribution in [3.8, 4) is 5.75 Å². The number of carbonyl (C=O) groups is 1. The molecule has 0 N–H and O–H groups in total. The molecule has 1 aromatic rings. The van der Waals surface area contributed by atoms with Crippen LogP contribution in [-0.2, 0) is 0 Å². The fraction of sp³-hybridized carbons (Fsp3) is 0.222. The number of rotatable bonds is 3. The Bertz CT molecular complexity index is 393. The fourth-order valence-electron chi connectivity index (χ4n) is 0.985. The van der Waals surface area contributed by atoms with Crippen LogP contribution in [0, 0.1) is 9.39 Å². The quantitative estimate of drug-likeness (QED) is 0.628. The van der Waals surface area contributed by atoms with E-state index in [1.165, 1.54) is 13.0 Å². The van der Waals surface area contributed by atoms with Crippen LogP contribution in [0.25, 0.3) is 0 Å². The minimum atomic E-state index is -3.01. The molecule has 15 heavy (non-hydrogen) atoms. The number of hydrogen-bond acceptors (Lipinski definition) is 2. The lowest BCUT2D eigenvalue weighted by molar-refractivity contribution is -0.0505. The van der Waals surface area contributed by atoms with Crippen molar-refractivity contribution in [1.82, 2.24) is 0 Å². The first-order chi connectivity index (χ1) is 6.91. The van der Waals surface area contributed by atoms with E-state index in [-0.39, 0.29) is 14.9 Å². The molecule has 0 saturated heterocycles. The van der Waals surface area contributed by atoms with E-state index in [1.54, 1.807) is 22.6 Å². The zero-order valence-electron chi connectivity index (χ0n) is 7.56. The van der Waals surface area contributed by atoms with Crippen molar-refractivity contribution in [2.75, 3.05) is 0 Å². The highest BCUT2D eigenvalue weighted by Crippen LogP contribution is 2.26. The number of carbonyl (C=O) groups excluding carboxylic acids is 1. The van der Waals surface area contributed by atoms with Crippen molar-refractivity contribution in [2.45, 2.75) is 13.5 Å². The highest BCUT2D eigenvalue weighted by molar-refractivity contribution is 14.1. The molecule has 0 spiro atoms. The third kappa shape index (κ3) is 3.08. The maximum absolute atomic E-state index is 13.2. The van der Waals surface area contributed by atoms with Crippen LogP contribution in [0.15, 0.2) is 12.1 Å². The molecule has 0 atom stereocenters. The monoisotopic (exact) mass is 330 g/mol. The second-order valence-electron chi connectivity index (χ2n) is 2.70. The predicted molar refractivity (Wildman–Crippen MR) is 55.8 cm³/mol. The Kier molecular flexibility index (Phi) is 3.95. The molecular formula is C9H6F3IO2. The Labute approximate surface area is 97.6 Å². The Morgan fingerprint density at radius 2 is 2.07 bits per heavy atom. The maximum Gasteiger partial charge on any atom is 0.387 e. The van der Waals surface area contributed by atoms with Gasteiger partial charge in [-0.1, -0.05) is 0 Å². The summed E-state index contributed by atoms with van der Waals surface area (Å²) < 4.78 is 41.3.